The zero-order valence-electron chi connectivity index (χ0n) is 13.2. The fourth-order valence-electron chi connectivity index (χ4n) is 2.04. The zero-order chi connectivity index (χ0) is 15.1. The van der Waals surface area contributed by atoms with Crippen LogP contribution in [-0.4, -0.2) is 18.9 Å². The molecule has 0 saturated carbocycles. The molecule has 0 saturated heterocycles. The molecule has 0 heterocycles. The van der Waals surface area contributed by atoms with Gasteiger partial charge in [-0.05, 0) is 32.1 Å². The van der Waals surface area contributed by atoms with Gasteiger partial charge in [-0.2, -0.15) is 0 Å². The van der Waals surface area contributed by atoms with Crippen LogP contribution in [0.4, 0.5) is 0 Å². The third-order valence-corrected chi connectivity index (χ3v) is 3.33. The Morgan fingerprint density at radius 3 is 1.95 bits per heavy atom. The summed E-state index contributed by atoms with van der Waals surface area (Å²) < 4.78 is 4.37. The fourth-order valence-corrected chi connectivity index (χ4v) is 2.04. The topological polar surface area (TPSA) is 43.4 Å². The maximum atomic E-state index is 11.2. The molecule has 0 aromatic rings. The highest BCUT2D eigenvalue weighted by molar-refractivity contribution is 6.33. The van der Waals surface area contributed by atoms with Gasteiger partial charge in [-0.3, -0.25) is 4.79 Å². The summed E-state index contributed by atoms with van der Waals surface area (Å²) in [5.41, 5.74) is 0. The maximum absolute atomic E-state index is 11.2. The number of esters is 1. The lowest BCUT2D eigenvalue weighted by atomic mass is 10.1. The number of unbranched alkanes of at least 4 members (excludes halogenated alkanes) is 8. The summed E-state index contributed by atoms with van der Waals surface area (Å²) >= 11 is 0. The van der Waals surface area contributed by atoms with Crippen LogP contribution in [0, 0.1) is 0 Å². The highest BCUT2D eigenvalue weighted by atomic mass is 16.5. The molecule has 0 unspecified atom stereocenters. The average Bonchev–Trinajstić information content (AvgIpc) is 2.47. The van der Waals surface area contributed by atoms with Crippen LogP contribution in [0.3, 0.4) is 0 Å². The van der Waals surface area contributed by atoms with E-state index in [2.05, 4.69) is 23.8 Å². The molecular weight excluding hydrogens is 252 g/mol. The first kappa shape index (κ1) is 18.9. The Hall–Kier alpha value is -1.12. The van der Waals surface area contributed by atoms with Crippen molar-refractivity contribution in [2.24, 2.45) is 0 Å². The molecule has 0 spiro atoms. The van der Waals surface area contributed by atoms with Crippen molar-refractivity contribution in [2.45, 2.75) is 77.6 Å². The molecule has 0 fully saturated rings. The fraction of sp³-hybridized carbons (Fsp3) is 0.765. The number of hydrogen-bond donors (Lipinski definition) is 0. The highest BCUT2D eigenvalue weighted by Crippen LogP contribution is 2.08. The molecule has 116 valence electrons. The predicted octanol–water partition coefficient (Wildman–Crippen LogP) is 4.60. The minimum atomic E-state index is -0.712. The Labute approximate surface area is 123 Å². The first-order valence-corrected chi connectivity index (χ1v) is 7.98. The van der Waals surface area contributed by atoms with E-state index < -0.39 is 11.8 Å². The van der Waals surface area contributed by atoms with E-state index in [9.17, 15) is 9.59 Å². The van der Waals surface area contributed by atoms with E-state index in [1.165, 1.54) is 39.2 Å². The molecular formula is C17H30O3. The third-order valence-electron chi connectivity index (χ3n) is 3.33. The van der Waals surface area contributed by atoms with Crippen LogP contribution < -0.4 is 0 Å². The number of ether oxygens (including phenoxy) is 1. The van der Waals surface area contributed by atoms with Crippen LogP contribution in [0.1, 0.15) is 77.6 Å². The number of ketones is 1. The second-order valence-corrected chi connectivity index (χ2v) is 5.19. The molecule has 0 radical (unpaired) electrons. The van der Waals surface area contributed by atoms with Crippen LogP contribution in [0.25, 0.3) is 0 Å². The monoisotopic (exact) mass is 282 g/mol. The van der Waals surface area contributed by atoms with Crippen LogP contribution >= 0.6 is 0 Å². The number of carbonyl (C=O) groups excluding carboxylic acids is 2. The second-order valence-electron chi connectivity index (χ2n) is 5.19. The molecule has 0 rings (SSSR count). The Balaban J connectivity index is 3.26. The average molecular weight is 282 g/mol. The van der Waals surface area contributed by atoms with Gasteiger partial charge >= 0.3 is 5.97 Å². The largest absolute Gasteiger partial charge is 0.463 e. The molecule has 3 nitrogen and oxygen atoms in total. The summed E-state index contributed by atoms with van der Waals surface area (Å²) in [4.78, 5) is 22.0. The lowest BCUT2D eigenvalue weighted by Crippen LogP contribution is -2.14. The first-order valence-electron chi connectivity index (χ1n) is 7.98. The number of allylic oxidation sites excluding steroid dienone is 2. The molecule has 0 aromatic carbocycles. The highest BCUT2D eigenvalue weighted by Gasteiger charge is 2.12. The quantitative estimate of drug-likeness (QED) is 0.215. The summed E-state index contributed by atoms with van der Waals surface area (Å²) in [5, 5.41) is 0. The zero-order valence-corrected chi connectivity index (χ0v) is 13.2. The van der Waals surface area contributed by atoms with Crippen LogP contribution in [0.5, 0.6) is 0 Å². The Kier molecular flexibility index (Phi) is 13.5. The van der Waals surface area contributed by atoms with E-state index in [0.717, 1.165) is 32.1 Å². The number of hydrogen-bond acceptors (Lipinski definition) is 3. The molecule has 0 aliphatic rings. The van der Waals surface area contributed by atoms with Crippen molar-refractivity contribution in [3.05, 3.63) is 12.2 Å². The lowest BCUT2D eigenvalue weighted by Gasteiger charge is -1.99. The smallest absolute Gasteiger partial charge is 0.374 e. The normalized spacial score (nSPS) is 10.9. The predicted molar refractivity (Wildman–Crippen MR) is 82.6 cm³/mol. The van der Waals surface area contributed by atoms with Crippen molar-refractivity contribution >= 4 is 11.8 Å². The second kappa shape index (κ2) is 14.3. The standard InChI is InChI=1S/C17H30O3/c1-3-4-5-6-7-8-9-10-11-12-13-14-15-16(18)17(19)20-2/h8-9H,3-7,10-15H2,1-2H3. The Morgan fingerprint density at radius 2 is 1.40 bits per heavy atom. The van der Waals surface area contributed by atoms with Gasteiger partial charge in [-0.25, -0.2) is 4.79 Å². The SMILES string of the molecule is CCCCCCC=CCCCCCCC(=O)C(=O)OC. The van der Waals surface area contributed by atoms with Gasteiger partial charge in [-0.15, -0.1) is 0 Å². The van der Waals surface area contributed by atoms with Crippen molar-refractivity contribution in [2.75, 3.05) is 7.11 Å². The lowest BCUT2D eigenvalue weighted by molar-refractivity contribution is -0.151. The molecule has 20 heavy (non-hydrogen) atoms. The van der Waals surface area contributed by atoms with Gasteiger partial charge in [0.1, 0.15) is 0 Å². The van der Waals surface area contributed by atoms with Crippen LogP contribution in [-0.2, 0) is 14.3 Å². The molecule has 3 heteroatoms. The van der Waals surface area contributed by atoms with E-state index in [-0.39, 0.29) is 0 Å². The molecule has 0 N–H and O–H groups in total. The Morgan fingerprint density at radius 1 is 0.850 bits per heavy atom. The van der Waals surface area contributed by atoms with Crippen molar-refractivity contribution in [3.8, 4) is 0 Å². The molecule has 0 amide bonds. The minimum absolute atomic E-state index is 0.319. The van der Waals surface area contributed by atoms with E-state index >= 15 is 0 Å². The van der Waals surface area contributed by atoms with Gasteiger partial charge in [0.05, 0.1) is 7.11 Å². The van der Waals surface area contributed by atoms with E-state index in [4.69, 9.17) is 0 Å². The van der Waals surface area contributed by atoms with Crippen LogP contribution in [0.2, 0.25) is 0 Å². The molecule has 0 atom stereocenters. The molecule has 0 aromatic heterocycles. The summed E-state index contributed by atoms with van der Waals surface area (Å²) in [6, 6.07) is 0. The van der Waals surface area contributed by atoms with Gasteiger partial charge < -0.3 is 4.74 Å². The van der Waals surface area contributed by atoms with Gasteiger partial charge in [-0.1, -0.05) is 51.2 Å². The van der Waals surface area contributed by atoms with E-state index in [1.54, 1.807) is 0 Å². The van der Waals surface area contributed by atoms with Gasteiger partial charge in [0.15, 0.2) is 0 Å². The minimum Gasteiger partial charge on any atom is -0.463 e. The molecule has 0 aliphatic carbocycles. The van der Waals surface area contributed by atoms with Gasteiger partial charge in [0.25, 0.3) is 0 Å². The number of Topliss-reactive ketones (excluding diaryl/α,β-unsaturated/α-hetero) is 1. The maximum Gasteiger partial charge on any atom is 0.374 e. The third kappa shape index (κ3) is 11.9. The Bertz CT molecular complexity index is 282. The first-order chi connectivity index (χ1) is 9.72. The van der Waals surface area contributed by atoms with Crippen molar-refractivity contribution in [3.63, 3.8) is 0 Å². The van der Waals surface area contributed by atoms with Gasteiger partial charge in [0, 0.05) is 6.42 Å². The number of carbonyl (C=O) groups is 2. The number of methoxy groups -OCH3 is 1. The summed E-state index contributed by atoms with van der Waals surface area (Å²) in [6.07, 6.45) is 16.6. The summed E-state index contributed by atoms with van der Waals surface area (Å²) in [7, 11) is 1.24. The molecule has 0 bridgehead atoms. The number of rotatable bonds is 13. The van der Waals surface area contributed by atoms with Gasteiger partial charge in [0.2, 0.25) is 5.78 Å². The van der Waals surface area contributed by atoms with Crippen molar-refractivity contribution in [1.82, 2.24) is 0 Å². The van der Waals surface area contributed by atoms with E-state index in [0.29, 0.717) is 6.42 Å². The summed E-state index contributed by atoms with van der Waals surface area (Å²) in [5.74, 6) is -1.12. The summed E-state index contributed by atoms with van der Waals surface area (Å²) in [6.45, 7) is 2.23. The van der Waals surface area contributed by atoms with Crippen molar-refractivity contribution < 1.29 is 14.3 Å². The van der Waals surface area contributed by atoms with Crippen LogP contribution in [0.15, 0.2) is 12.2 Å². The van der Waals surface area contributed by atoms with E-state index in [1.807, 2.05) is 0 Å². The van der Waals surface area contributed by atoms with Crippen molar-refractivity contribution in [1.29, 1.82) is 0 Å². The molecule has 0 aliphatic heterocycles.